The van der Waals surface area contributed by atoms with Crippen LogP contribution >= 0.6 is 15.9 Å². The molecule has 1 atom stereocenters. The minimum absolute atomic E-state index is 0.0669. The number of aromatic nitrogens is 1. The minimum Gasteiger partial charge on any atom is -0.361 e. The molecule has 2 aromatic rings. The molecule has 112 valence electrons. The summed E-state index contributed by atoms with van der Waals surface area (Å²) in [6, 6.07) is 7.57. The van der Waals surface area contributed by atoms with Gasteiger partial charge >= 0.3 is 6.03 Å². The van der Waals surface area contributed by atoms with Gasteiger partial charge in [0.05, 0.1) is 11.7 Å². The highest BCUT2D eigenvalue weighted by molar-refractivity contribution is 9.10. The molecule has 0 radical (unpaired) electrons. The van der Waals surface area contributed by atoms with E-state index in [1.165, 1.54) is 0 Å². The summed E-state index contributed by atoms with van der Waals surface area (Å²) in [6.07, 6.45) is 0. The Balaban J connectivity index is 1.88. The van der Waals surface area contributed by atoms with Crippen LogP contribution in [0, 0.1) is 13.8 Å². The minimum atomic E-state index is -0.217. The summed E-state index contributed by atoms with van der Waals surface area (Å²) >= 11 is 3.39. The predicted octanol–water partition coefficient (Wildman–Crippen LogP) is 3.61. The summed E-state index contributed by atoms with van der Waals surface area (Å²) in [5.41, 5.74) is 2.76. The molecule has 1 aromatic carbocycles. The smallest absolute Gasteiger partial charge is 0.315 e. The number of nitrogens with one attached hydrogen (secondary N) is 2. The Morgan fingerprint density at radius 2 is 2.00 bits per heavy atom. The second-order valence-electron chi connectivity index (χ2n) is 4.90. The Morgan fingerprint density at radius 1 is 1.33 bits per heavy atom. The maximum Gasteiger partial charge on any atom is 0.315 e. The fourth-order valence-electron chi connectivity index (χ4n) is 2.01. The third-order valence-corrected chi connectivity index (χ3v) is 3.85. The molecule has 0 fully saturated rings. The van der Waals surface area contributed by atoms with E-state index in [2.05, 4.69) is 31.7 Å². The molecule has 0 aliphatic carbocycles. The molecule has 1 heterocycles. The summed E-state index contributed by atoms with van der Waals surface area (Å²) in [4.78, 5) is 11.9. The van der Waals surface area contributed by atoms with Crippen molar-refractivity contribution in [3.8, 4) is 0 Å². The molecular weight excluding hydrogens is 334 g/mol. The van der Waals surface area contributed by atoms with Crippen LogP contribution in [0.15, 0.2) is 33.3 Å². The first-order valence-corrected chi connectivity index (χ1v) is 7.48. The van der Waals surface area contributed by atoms with Crippen LogP contribution in [0.5, 0.6) is 0 Å². The summed E-state index contributed by atoms with van der Waals surface area (Å²) in [5.74, 6) is 0.730. The van der Waals surface area contributed by atoms with Gasteiger partial charge in [-0.15, -0.1) is 0 Å². The molecule has 0 saturated heterocycles. The van der Waals surface area contributed by atoms with Gasteiger partial charge in [0.15, 0.2) is 0 Å². The topological polar surface area (TPSA) is 67.2 Å². The van der Waals surface area contributed by atoms with E-state index in [9.17, 15) is 4.79 Å². The summed E-state index contributed by atoms with van der Waals surface area (Å²) in [5, 5.41) is 9.58. The van der Waals surface area contributed by atoms with Crippen molar-refractivity contribution in [2.45, 2.75) is 33.4 Å². The van der Waals surface area contributed by atoms with E-state index in [-0.39, 0.29) is 12.1 Å². The second kappa shape index (κ2) is 6.76. The quantitative estimate of drug-likeness (QED) is 0.883. The zero-order valence-corrected chi connectivity index (χ0v) is 13.8. The van der Waals surface area contributed by atoms with Crippen LogP contribution in [-0.4, -0.2) is 11.2 Å². The fraction of sp³-hybridized carbons (Fsp3) is 0.333. The van der Waals surface area contributed by atoms with E-state index in [0.29, 0.717) is 6.54 Å². The number of benzene rings is 1. The van der Waals surface area contributed by atoms with E-state index in [1.54, 1.807) is 0 Å². The molecular formula is C15H18BrN3O2. The van der Waals surface area contributed by atoms with E-state index in [0.717, 1.165) is 27.1 Å². The first kappa shape index (κ1) is 15.6. The molecule has 2 N–H and O–H groups in total. The van der Waals surface area contributed by atoms with Gasteiger partial charge < -0.3 is 15.2 Å². The SMILES string of the molecule is Cc1noc(C)c1CNC(=O)NC(C)c1ccc(Br)cc1. The van der Waals surface area contributed by atoms with Crippen molar-refractivity contribution in [2.75, 3.05) is 0 Å². The number of amides is 2. The lowest BCUT2D eigenvalue weighted by Crippen LogP contribution is -2.36. The van der Waals surface area contributed by atoms with Crippen molar-refractivity contribution >= 4 is 22.0 Å². The molecule has 1 unspecified atom stereocenters. The van der Waals surface area contributed by atoms with Crippen LogP contribution in [0.25, 0.3) is 0 Å². The number of halogens is 1. The number of rotatable bonds is 4. The molecule has 21 heavy (non-hydrogen) atoms. The van der Waals surface area contributed by atoms with Crippen LogP contribution < -0.4 is 10.6 Å². The standard InChI is InChI=1S/C15H18BrN3O2/c1-9(12-4-6-13(16)7-5-12)18-15(20)17-8-14-10(2)19-21-11(14)3/h4-7,9H,8H2,1-3H3,(H2,17,18,20). The number of aryl methyl sites for hydroxylation is 2. The Bertz CT molecular complexity index is 603. The Kier molecular flexibility index (Phi) is 5.01. The molecule has 0 aliphatic heterocycles. The molecule has 0 saturated carbocycles. The lowest BCUT2D eigenvalue weighted by Gasteiger charge is -2.15. The van der Waals surface area contributed by atoms with Crippen LogP contribution in [-0.2, 0) is 6.54 Å². The van der Waals surface area contributed by atoms with Crippen molar-refractivity contribution < 1.29 is 9.32 Å². The Labute approximate surface area is 132 Å². The maximum atomic E-state index is 11.9. The number of carbonyl (C=O) groups is 1. The Hall–Kier alpha value is -1.82. The van der Waals surface area contributed by atoms with Crippen molar-refractivity contribution in [1.82, 2.24) is 15.8 Å². The van der Waals surface area contributed by atoms with Crippen LogP contribution in [0.3, 0.4) is 0 Å². The van der Waals surface area contributed by atoms with Crippen LogP contribution in [0.1, 0.15) is 35.5 Å². The zero-order valence-electron chi connectivity index (χ0n) is 12.2. The van der Waals surface area contributed by atoms with Crippen LogP contribution in [0.4, 0.5) is 4.79 Å². The fourth-order valence-corrected chi connectivity index (χ4v) is 2.27. The van der Waals surface area contributed by atoms with Crippen LogP contribution in [0.2, 0.25) is 0 Å². The van der Waals surface area contributed by atoms with E-state index >= 15 is 0 Å². The van der Waals surface area contributed by atoms with Gasteiger partial charge in [0.1, 0.15) is 5.76 Å². The zero-order chi connectivity index (χ0) is 15.4. The van der Waals surface area contributed by atoms with Gasteiger partial charge in [-0.2, -0.15) is 0 Å². The van der Waals surface area contributed by atoms with Crippen molar-refractivity contribution in [1.29, 1.82) is 0 Å². The number of nitrogens with zero attached hydrogens (tertiary/aromatic N) is 1. The molecule has 1 aromatic heterocycles. The van der Waals surface area contributed by atoms with E-state index < -0.39 is 0 Å². The highest BCUT2D eigenvalue weighted by atomic mass is 79.9. The van der Waals surface area contributed by atoms with Crippen molar-refractivity contribution in [3.05, 3.63) is 51.3 Å². The van der Waals surface area contributed by atoms with Gasteiger partial charge in [-0.05, 0) is 38.5 Å². The first-order chi connectivity index (χ1) is 9.97. The van der Waals surface area contributed by atoms with Gasteiger partial charge in [-0.3, -0.25) is 0 Å². The average molecular weight is 352 g/mol. The molecule has 2 amide bonds. The molecule has 0 spiro atoms. The highest BCUT2D eigenvalue weighted by Gasteiger charge is 2.12. The largest absolute Gasteiger partial charge is 0.361 e. The third kappa shape index (κ3) is 4.07. The van der Waals surface area contributed by atoms with Gasteiger partial charge in [-0.25, -0.2) is 4.79 Å². The van der Waals surface area contributed by atoms with Gasteiger partial charge in [0.2, 0.25) is 0 Å². The van der Waals surface area contributed by atoms with Gasteiger partial charge in [0.25, 0.3) is 0 Å². The second-order valence-corrected chi connectivity index (χ2v) is 5.82. The lowest BCUT2D eigenvalue weighted by atomic mass is 10.1. The summed E-state index contributed by atoms with van der Waals surface area (Å²) in [6.45, 7) is 6.04. The molecule has 5 nitrogen and oxygen atoms in total. The summed E-state index contributed by atoms with van der Waals surface area (Å²) in [7, 11) is 0. The molecule has 0 bridgehead atoms. The number of hydrogen-bond acceptors (Lipinski definition) is 3. The van der Waals surface area contributed by atoms with E-state index in [1.807, 2.05) is 45.0 Å². The number of carbonyl (C=O) groups excluding carboxylic acids is 1. The molecule has 6 heteroatoms. The Morgan fingerprint density at radius 3 is 2.57 bits per heavy atom. The maximum absolute atomic E-state index is 11.9. The summed E-state index contributed by atoms with van der Waals surface area (Å²) < 4.78 is 6.08. The monoisotopic (exact) mass is 351 g/mol. The lowest BCUT2D eigenvalue weighted by molar-refractivity contribution is 0.237. The van der Waals surface area contributed by atoms with Crippen molar-refractivity contribution in [2.24, 2.45) is 0 Å². The predicted molar refractivity (Wildman–Crippen MR) is 83.9 cm³/mol. The third-order valence-electron chi connectivity index (χ3n) is 3.32. The molecule has 0 aliphatic rings. The molecule has 2 rings (SSSR count). The normalized spacial score (nSPS) is 12.0. The first-order valence-electron chi connectivity index (χ1n) is 6.69. The van der Waals surface area contributed by atoms with Gasteiger partial charge in [-0.1, -0.05) is 33.2 Å². The number of hydrogen-bond donors (Lipinski definition) is 2. The van der Waals surface area contributed by atoms with E-state index in [4.69, 9.17) is 4.52 Å². The van der Waals surface area contributed by atoms with Crippen molar-refractivity contribution in [3.63, 3.8) is 0 Å². The average Bonchev–Trinajstić information content (AvgIpc) is 2.76. The number of urea groups is 1. The highest BCUT2D eigenvalue weighted by Crippen LogP contribution is 2.16. The van der Waals surface area contributed by atoms with Gasteiger partial charge in [0, 0.05) is 16.6 Å².